The molecule has 0 aromatic heterocycles. The van der Waals surface area contributed by atoms with E-state index in [0.29, 0.717) is 12.2 Å². The summed E-state index contributed by atoms with van der Waals surface area (Å²) >= 11 is 0. The lowest BCUT2D eigenvalue weighted by molar-refractivity contribution is 0.0526. The Morgan fingerprint density at radius 2 is 2.11 bits per heavy atom. The number of benzene rings is 1. The summed E-state index contributed by atoms with van der Waals surface area (Å²) in [5, 5.41) is 0. The fourth-order valence-corrected chi connectivity index (χ4v) is 2.29. The molecular weight excluding hydrogens is 242 g/mol. The summed E-state index contributed by atoms with van der Waals surface area (Å²) in [6.07, 6.45) is 2.50. The predicted octanol–water partition coefficient (Wildman–Crippen LogP) is 2.34. The van der Waals surface area contributed by atoms with Gasteiger partial charge in [0.25, 0.3) is 0 Å². The van der Waals surface area contributed by atoms with Crippen molar-refractivity contribution in [2.45, 2.75) is 25.9 Å². The minimum absolute atomic E-state index is 0.243. The molecule has 1 saturated heterocycles. The number of carbonyl (C=O) groups is 1. The number of ether oxygens (including phenoxy) is 2. The summed E-state index contributed by atoms with van der Waals surface area (Å²) in [5.41, 5.74) is 0.565. The summed E-state index contributed by atoms with van der Waals surface area (Å²) in [7, 11) is 2.11. The second-order valence-corrected chi connectivity index (χ2v) is 4.89. The lowest BCUT2D eigenvalue weighted by Gasteiger charge is -2.30. The highest BCUT2D eigenvalue weighted by molar-refractivity contribution is 5.89. The van der Waals surface area contributed by atoms with Crippen molar-refractivity contribution in [1.29, 1.82) is 0 Å². The number of likely N-dealkylation sites (N-methyl/N-ethyl adjacent to an activating group) is 1. The first kappa shape index (κ1) is 13.9. The van der Waals surface area contributed by atoms with E-state index in [4.69, 9.17) is 9.47 Å². The van der Waals surface area contributed by atoms with Gasteiger partial charge in [-0.25, -0.2) is 4.79 Å². The molecule has 0 radical (unpaired) electrons. The highest BCUT2D eigenvalue weighted by atomic mass is 16.5. The Morgan fingerprint density at radius 3 is 2.74 bits per heavy atom. The number of hydrogen-bond donors (Lipinski definition) is 0. The van der Waals surface area contributed by atoms with Crippen LogP contribution in [0.4, 0.5) is 0 Å². The minimum atomic E-state index is -0.286. The molecule has 0 spiro atoms. The average molecular weight is 263 g/mol. The van der Waals surface area contributed by atoms with Gasteiger partial charge in [-0.05, 0) is 57.6 Å². The third-order valence-electron chi connectivity index (χ3n) is 3.25. The van der Waals surface area contributed by atoms with Gasteiger partial charge in [0.15, 0.2) is 0 Å². The highest BCUT2D eigenvalue weighted by Crippen LogP contribution is 2.18. The molecule has 0 saturated carbocycles. The van der Waals surface area contributed by atoms with Gasteiger partial charge in [-0.3, -0.25) is 0 Å². The fourth-order valence-electron chi connectivity index (χ4n) is 2.29. The Hall–Kier alpha value is -1.55. The van der Waals surface area contributed by atoms with E-state index < -0.39 is 0 Å². The van der Waals surface area contributed by atoms with Crippen LogP contribution in [0.25, 0.3) is 0 Å². The first-order valence-electron chi connectivity index (χ1n) is 6.81. The SMILES string of the molecule is CCOC(=O)c1ccc(OC2CCCN(C)C2)cc1. The molecule has 1 aromatic rings. The van der Waals surface area contributed by atoms with Crippen molar-refractivity contribution in [3.8, 4) is 5.75 Å². The summed E-state index contributed by atoms with van der Waals surface area (Å²) in [6.45, 7) is 4.29. The van der Waals surface area contributed by atoms with Gasteiger partial charge < -0.3 is 14.4 Å². The lowest BCUT2D eigenvalue weighted by Crippen LogP contribution is -2.38. The number of carbonyl (C=O) groups excluding carboxylic acids is 1. The molecule has 0 N–H and O–H groups in total. The van der Waals surface area contributed by atoms with Crippen molar-refractivity contribution < 1.29 is 14.3 Å². The van der Waals surface area contributed by atoms with Crippen LogP contribution in [0.1, 0.15) is 30.1 Å². The number of rotatable bonds is 4. The van der Waals surface area contributed by atoms with Crippen LogP contribution in [0, 0.1) is 0 Å². The molecule has 0 amide bonds. The fraction of sp³-hybridized carbons (Fsp3) is 0.533. The van der Waals surface area contributed by atoms with Crippen molar-refractivity contribution in [1.82, 2.24) is 4.90 Å². The third-order valence-corrected chi connectivity index (χ3v) is 3.25. The first-order valence-corrected chi connectivity index (χ1v) is 6.81. The Kier molecular flexibility index (Phi) is 4.80. The first-order chi connectivity index (χ1) is 9.19. The number of hydrogen-bond acceptors (Lipinski definition) is 4. The molecule has 1 atom stereocenters. The van der Waals surface area contributed by atoms with Crippen molar-refractivity contribution in [3.05, 3.63) is 29.8 Å². The van der Waals surface area contributed by atoms with E-state index in [1.165, 1.54) is 6.42 Å². The molecule has 4 nitrogen and oxygen atoms in total. The zero-order chi connectivity index (χ0) is 13.7. The van der Waals surface area contributed by atoms with Crippen LogP contribution in [0.2, 0.25) is 0 Å². The molecule has 1 aliphatic rings. The van der Waals surface area contributed by atoms with Gasteiger partial charge in [0.2, 0.25) is 0 Å². The maximum Gasteiger partial charge on any atom is 0.338 e. The molecule has 4 heteroatoms. The summed E-state index contributed by atoms with van der Waals surface area (Å²) in [6, 6.07) is 7.17. The minimum Gasteiger partial charge on any atom is -0.489 e. The van der Waals surface area contributed by atoms with Crippen molar-refractivity contribution >= 4 is 5.97 Å². The Bertz CT molecular complexity index is 416. The Labute approximate surface area is 114 Å². The van der Waals surface area contributed by atoms with Gasteiger partial charge in [0.1, 0.15) is 11.9 Å². The van der Waals surface area contributed by atoms with Gasteiger partial charge >= 0.3 is 5.97 Å². The van der Waals surface area contributed by atoms with E-state index in [-0.39, 0.29) is 12.1 Å². The van der Waals surface area contributed by atoms with Crippen molar-refractivity contribution in [3.63, 3.8) is 0 Å². The van der Waals surface area contributed by atoms with Crippen molar-refractivity contribution in [2.75, 3.05) is 26.7 Å². The summed E-state index contributed by atoms with van der Waals surface area (Å²) < 4.78 is 10.9. The Balaban J connectivity index is 1.93. The van der Waals surface area contributed by atoms with Crippen LogP contribution in [0.15, 0.2) is 24.3 Å². The molecule has 1 fully saturated rings. The van der Waals surface area contributed by atoms with Gasteiger partial charge in [-0.2, -0.15) is 0 Å². The molecule has 1 aliphatic heterocycles. The maximum absolute atomic E-state index is 11.5. The van der Waals surface area contributed by atoms with Crippen LogP contribution in [-0.2, 0) is 4.74 Å². The van der Waals surface area contributed by atoms with E-state index in [2.05, 4.69) is 11.9 Å². The quantitative estimate of drug-likeness (QED) is 0.782. The molecule has 0 bridgehead atoms. The highest BCUT2D eigenvalue weighted by Gasteiger charge is 2.18. The van der Waals surface area contributed by atoms with Crippen LogP contribution >= 0.6 is 0 Å². The zero-order valence-electron chi connectivity index (χ0n) is 11.6. The Morgan fingerprint density at radius 1 is 1.37 bits per heavy atom. The normalized spacial score (nSPS) is 20.0. The topological polar surface area (TPSA) is 38.8 Å². The maximum atomic E-state index is 11.5. The number of esters is 1. The summed E-state index contributed by atoms with van der Waals surface area (Å²) in [5.74, 6) is 0.528. The van der Waals surface area contributed by atoms with Crippen LogP contribution in [-0.4, -0.2) is 43.7 Å². The molecule has 19 heavy (non-hydrogen) atoms. The number of likely N-dealkylation sites (tertiary alicyclic amines) is 1. The second kappa shape index (κ2) is 6.57. The van der Waals surface area contributed by atoms with E-state index >= 15 is 0 Å². The predicted molar refractivity (Wildman–Crippen MR) is 73.5 cm³/mol. The average Bonchev–Trinajstić information content (AvgIpc) is 2.40. The number of nitrogens with zero attached hydrogens (tertiary/aromatic N) is 1. The molecule has 1 heterocycles. The van der Waals surface area contributed by atoms with Crippen LogP contribution in [0.3, 0.4) is 0 Å². The van der Waals surface area contributed by atoms with Gasteiger partial charge in [-0.1, -0.05) is 0 Å². The monoisotopic (exact) mass is 263 g/mol. The largest absolute Gasteiger partial charge is 0.489 e. The smallest absolute Gasteiger partial charge is 0.338 e. The standard InChI is InChI=1S/C15H21NO3/c1-3-18-15(17)12-6-8-13(9-7-12)19-14-5-4-10-16(2)11-14/h6-9,14H,3-5,10-11H2,1-2H3. The molecule has 104 valence electrons. The van der Waals surface area contributed by atoms with Gasteiger partial charge in [0.05, 0.1) is 12.2 Å². The van der Waals surface area contributed by atoms with Gasteiger partial charge in [-0.15, -0.1) is 0 Å². The molecule has 0 aliphatic carbocycles. The zero-order valence-corrected chi connectivity index (χ0v) is 11.6. The molecule has 2 rings (SSSR count). The van der Waals surface area contributed by atoms with Crippen LogP contribution in [0.5, 0.6) is 5.75 Å². The van der Waals surface area contributed by atoms with Crippen molar-refractivity contribution in [2.24, 2.45) is 0 Å². The molecule has 1 aromatic carbocycles. The van der Waals surface area contributed by atoms with E-state index in [9.17, 15) is 4.79 Å². The molecule has 1 unspecified atom stereocenters. The molecular formula is C15H21NO3. The van der Waals surface area contributed by atoms with Crippen LogP contribution < -0.4 is 4.74 Å². The van der Waals surface area contributed by atoms with E-state index in [1.54, 1.807) is 19.1 Å². The summed E-state index contributed by atoms with van der Waals surface area (Å²) in [4.78, 5) is 13.8. The second-order valence-electron chi connectivity index (χ2n) is 4.89. The van der Waals surface area contributed by atoms with Gasteiger partial charge in [0, 0.05) is 6.54 Å². The van der Waals surface area contributed by atoms with E-state index in [1.807, 2.05) is 12.1 Å². The van der Waals surface area contributed by atoms with E-state index in [0.717, 1.165) is 25.3 Å². The third kappa shape index (κ3) is 3.96. The number of piperidine rings is 1. The lowest BCUT2D eigenvalue weighted by atomic mass is 10.1.